The molecule has 0 rings (SSSR count). The molecule has 0 atom stereocenters. The minimum absolute atomic E-state index is 0.313. The number of amides is 2. The van der Waals surface area contributed by atoms with Gasteiger partial charge in [-0.15, -0.1) is 6.58 Å². The molecule has 0 spiro atoms. The molecule has 0 saturated carbocycles. The summed E-state index contributed by atoms with van der Waals surface area (Å²) < 4.78 is 0. The third-order valence-electron chi connectivity index (χ3n) is 1.75. The molecule has 0 unspecified atom stereocenters. The van der Waals surface area contributed by atoms with Crippen LogP contribution in [0.5, 0.6) is 0 Å². The summed E-state index contributed by atoms with van der Waals surface area (Å²) in [6.45, 7) is 8.82. The van der Waals surface area contributed by atoms with Crippen molar-refractivity contribution in [2.75, 3.05) is 13.1 Å². The molecule has 15 heavy (non-hydrogen) atoms. The summed E-state index contributed by atoms with van der Waals surface area (Å²) in [5.74, 6) is -1.03. The fourth-order valence-corrected chi connectivity index (χ4v) is 1.00. The monoisotopic (exact) mass is 214 g/mol. The first kappa shape index (κ1) is 13.5. The van der Waals surface area contributed by atoms with Crippen LogP contribution in [0.1, 0.15) is 20.8 Å². The lowest BCUT2D eigenvalue weighted by Gasteiger charge is -2.34. The third kappa shape index (κ3) is 5.05. The van der Waals surface area contributed by atoms with Crippen LogP contribution in [0.4, 0.5) is 4.79 Å². The van der Waals surface area contributed by atoms with Crippen molar-refractivity contribution in [3.63, 3.8) is 0 Å². The fraction of sp³-hybridized carbons (Fsp3) is 0.600. The second-order valence-electron chi connectivity index (χ2n) is 4.13. The van der Waals surface area contributed by atoms with E-state index in [2.05, 4.69) is 11.9 Å². The Labute approximate surface area is 89.8 Å². The Balaban J connectivity index is 4.55. The lowest BCUT2D eigenvalue weighted by atomic mass is 10.1. The van der Waals surface area contributed by atoms with Crippen LogP contribution in [-0.4, -0.2) is 40.6 Å². The van der Waals surface area contributed by atoms with Gasteiger partial charge in [-0.05, 0) is 20.8 Å². The number of rotatable bonds is 4. The fourth-order valence-electron chi connectivity index (χ4n) is 1.00. The second kappa shape index (κ2) is 5.38. The van der Waals surface area contributed by atoms with Gasteiger partial charge in [0.25, 0.3) is 0 Å². The van der Waals surface area contributed by atoms with Crippen molar-refractivity contribution in [2.24, 2.45) is 0 Å². The van der Waals surface area contributed by atoms with Gasteiger partial charge in [-0.25, -0.2) is 4.79 Å². The maximum absolute atomic E-state index is 11.6. The zero-order valence-corrected chi connectivity index (χ0v) is 9.41. The lowest BCUT2D eigenvalue weighted by Crippen LogP contribution is -2.52. The van der Waals surface area contributed by atoms with Gasteiger partial charge in [0.15, 0.2) is 0 Å². The summed E-state index contributed by atoms with van der Waals surface area (Å²) in [5, 5.41) is 11.2. The summed E-state index contributed by atoms with van der Waals surface area (Å²) in [5.41, 5.74) is -0.524. The molecule has 0 radical (unpaired) electrons. The van der Waals surface area contributed by atoms with Gasteiger partial charge < -0.3 is 15.3 Å². The number of carboxylic acids is 1. The highest BCUT2D eigenvalue weighted by Crippen LogP contribution is 2.12. The molecule has 0 bridgehead atoms. The molecule has 0 aromatic rings. The van der Waals surface area contributed by atoms with E-state index in [4.69, 9.17) is 5.11 Å². The molecule has 0 heterocycles. The summed E-state index contributed by atoms with van der Waals surface area (Å²) >= 11 is 0. The highest BCUT2D eigenvalue weighted by atomic mass is 16.4. The summed E-state index contributed by atoms with van der Waals surface area (Å²) in [6.07, 6.45) is 1.54. The summed E-state index contributed by atoms with van der Waals surface area (Å²) in [6, 6.07) is -0.398. The third-order valence-corrected chi connectivity index (χ3v) is 1.75. The smallest absolute Gasteiger partial charge is 0.323 e. The van der Waals surface area contributed by atoms with E-state index < -0.39 is 17.5 Å². The molecule has 0 aromatic carbocycles. The van der Waals surface area contributed by atoms with Crippen LogP contribution >= 0.6 is 0 Å². The molecule has 0 fully saturated rings. The van der Waals surface area contributed by atoms with E-state index >= 15 is 0 Å². The zero-order valence-electron chi connectivity index (χ0n) is 9.41. The van der Waals surface area contributed by atoms with Crippen molar-refractivity contribution in [3.05, 3.63) is 12.7 Å². The molecular formula is C10H18N2O3. The Bertz CT molecular complexity index is 256. The van der Waals surface area contributed by atoms with Gasteiger partial charge in [0.1, 0.15) is 6.54 Å². The standard InChI is InChI=1S/C10H18N2O3/c1-5-6-11-9(15)12(7-8(13)14)10(2,3)4/h5H,1,6-7H2,2-4H3,(H,11,15)(H,13,14). The Morgan fingerprint density at radius 3 is 2.33 bits per heavy atom. The molecule has 0 saturated heterocycles. The van der Waals surface area contributed by atoms with Crippen LogP contribution in [0.25, 0.3) is 0 Å². The van der Waals surface area contributed by atoms with E-state index in [0.29, 0.717) is 6.54 Å². The number of carbonyl (C=O) groups excluding carboxylic acids is 1. The first-order valence-electron chi connectivity index (χ1n) is 4.67. The predicted molar refractivity (Wildman–Crippen MR) is 57.7 cm³/mol. The number of urea groups is 1. The summed E-state index contributed by atoms with van der Waals surface area (Å²) in [4.78, 5) is 23.4. The first-order chi connectivity index (χ1) is 6.79. The summed E-state index contributed by atoms with van der Waals surface area (Å²) in [7, 11) is 0. The van der Waals surface area contributed by atoms with E-state index in [1.807, 2.05) is 0 Å². The van der Waals surface area contributed by atoms with Gasteiger partial charge in [-0.1, -0.05) is 6.08 Å². The number of aliphatic carboxylic acids is 1. The van der Waals surface area contributed by atoms with Crippen molar-refractivity contribution in [2.45, 2.75) is 26.3 Å². The number of hydrogen-bond acceptors (Lipinski definition) is 2. The maximum atomic E-state index is 11.6. The van der Waals surface area contributed by atoms with E-state index in [0.717, 1.165) is 0 Å². The van der Waals surface area contributed by atoms with Crippen molar-refractivity contribution in [1.82, 2.24) is 10.2 Å². The van der Waals surface area contributed by atoms with Gasteiger partial charge in [-0.2, -0.15) is 0 Å². The van der Waals surface area contributed by atoms with Crippen molar-refractivity contribution in [1.29, 1.82) is 0 Å². The Morgan fingerprint density at radius 2 is 2.00 bits per heavy atom. The maximum Gasteiger partial charge on any atom is 0.323 e. The van der Waals surface area contributed by atoms with E-state index in [-0.39, 0.29) is 6.54 Å². The van der Waals surface area contributed by atoms with Crippen LogP contribution in [-0.2, 0) is 4.79 Å². The Hall–Kier alpha value is -1.52. The van der Waals surface area contributed by atoms with Crippen LogP contribution in [0, 0.1) is 0 Å². The van der Waals surface area contributed by atoms with Crippen LogP contribution < -0.4 is 5.32 Å². The normalized spacial score (nSPS) is 10.6. The molecule has 86 valence electrons. The molecule has 5 heteroatoms. The number of nitrogens with one attached hydrogen (secondary N) is 1. The predicted octanol–water partition coefficient (Wildman–Crippen LogP) is 1.07. The number of nitrogens with zero attached hydrogens (tertiary/aromatic N) is 1. The molecule has 2 amide bonds. The highest BCUT2D eigenvalue weighted by Gasteiger charge is 2.27. The van der Waals surface area contributed by atoms with Crippen molar-refractivity contribution >= 4 is 12.0 Å². The van der Waals surface area contributed by atoms with Gasteiger partial charge in [0, 0.05) is 12.1 Å². The van der Waals surface area contributed by atoms with Gasteiger partial charge in [0.2, 0.25) is 0 Å². The minimum Gasteiger partial charge on any atom is -0.480 e. The second-order valence-corrected chi connectivity index (χ2v) is 4.13. The van der Waals surface area contributed by atoms with Crippen LogP contribution in [0.15, 0.2) is 12.7 Å². The molecule has 0 aliphatic heterocycles. The Kier molecular flexibility index (Phi) is 4.84. The average molecular weight is 214 g/mol. The molecule has 0 aromatic heterocycles. The lowest BCUT2D eigenvalue weighted by molar-refractivity contribution is -0.138. The van der Waals surface area contributed by atoms with Gasteiger partial charge in [-0.3, -0.25) is 4.79 Å². The van der Waals surface area contributed by atoms with E-state index in [1.165, 1.54) is 4.90 Å². The molecule has 2 N–H and O–H groups in total. The SMILES string of the molecule is C=CCNC(=O)N(CC(=O)O)C(C)(C)C. The van der Waals surface area contributed by atoms with Gasteiger partial charge in [0.05, 0.1) is 0 Å². The molecule has 0 aliphatic carbocycles. The first-order valence-corrected chi connectivity index (χ1v) is 4.67. The number of carboxylic acid groups (broad SMARTS) is 1. The van der Waals surface area contributed by atoms with Crippen molar-refractivity contribution < 1.29 is 14.7 Å². The van der Waals surface area contributed by atoms with Crippen LogP contribution in [0.3, 0.4) is 0 Å². The van der Waals surface area contributed by atoms with Crippen LogP contribution in [0.2, 0.25) is 0 Å². The topological polar surface area (TPSA) is 69.6 Å². The van der Waals surface area contributed by atoms with E-state index in [1.54, 1.807) is 26.8 Å². The molecule has 0 aliphatic rings. The van der Waals surface area contributed by atoms with Gasteiger partial charge >= 0.3 is 12.0 Å². The van der Waals surface area contributed by atoms with E-state index in [9.17, 15) is 9.59 Å². The molecular weight excluding hydrogens is 196 g/mol. The average Bonchev–Trinajstić information content (AvgIpc) is 2.08. The highest BCUT2D eigenvalue weighted by molar-refractivity contribution is 5.80. The minimum atomic E-state index is -1.03. The van der Waals surface area contributed by atoms with Crippen molar-refractivity contribution in [3.8, 4) is 0 Å². The quantitative estimate of drug-likeness (QED) is 0.688. The number of carbonyl (C=O) groups is 2. The Morgan fingerprint density at radius 1 is 1.47 bits per heavy atom. The largest absolute Gasteiger partial charge is 0.480 e. The number of hydrogen-bond donors (Lipinski definition) is 2. The molecule has 5 nitrogen and oxygen atoms in total. The zero-order chi connectivity index (χ0) is 12.1.